The van der Waals surface area contributed by atoms with Crippen LogP contribution in [-0.2, 0) is 0 Å². The lowest BCUT2D eigenvalue weighted by Crippen LogP contribution is -2.24. The van der Waals surface area contributed by atoms with Crippen LogP contribution in [0.15, 0.2) is 0 Å². The van der Waals surface area contributed by atoms with Crippen LogP contribution in [0.4, 0.5) is 0 Å². The van der Waals surface area contributed by atoms with Crippen LogP contribution in [0.25, 0.3) is 0 Å². The van der Waals surface area contributed by atoms with Crippen molar-refractivity contribution in [2.24, 2.45) is 11.5 Å². The van der Waals surface area contributed by atoms with E-state index >= 15 is 0 Å². The van der Waals surface area contributed by atoms with Crippen LogP contribution >= 0.6 is 0 Å². The van der Waals surface area contributed by atoms with E-state index in [2.05, 4.69) is 21.3 Å². The maximum Gasteiger partial charge on any atom is -0.00368 e. The molecule has 34 heavy (non-hydrogen) atoms. The quantitative estimate of drug-likeness (QED) is 0.0821. The lowest BCUT2D eigenvalue weighted by molar-refractivity contribution is 0.519. The number of hydrogen-bond donors (Lipinski definition) is 6. The summed E-state index contributed by atoms with van der Waals surface area (Å²) in [4.78, 5) is 0. The second kappa shape index (κ2) is 32.8. The summed E-state index contributed by atoms with van der Waals surface area (Å²) in [6.45, 7) is 10.6. The van der Waals surface area contributed by atoms with E-state index in [0.29, 0.717) is 0 Å². The first-order valence-electron chi connectivity index (χ1n) is 15.1. The van der Waals surface area contributed by atoms with Crippen molar-refractivity contribution in [3.8, 4) is 0 Å². The molecule has 0 aromatic rings. The van der Waals surface area contributed by atoms with Crippen LogP contribution in [0.3, 0.4) is 0 Å². The molecule has 0 rings (SSSR count). The summed E-state index contributed by atoms with van der Waals surface area (Å²) in [6.07, 6.45) is 24.5. The summed E-state index contributed by atoms with van der Waals surface area (Å²) in [7, 11) is 0. The summed E-state index contributed by atoms with van der Waals surface area (Å²) >= 11 is 0. The van der Waals surface area contributed by atoms with E-state index in [-0.39, 0.29) is 0 Å². The van der Waals surface area contributed by atoms with E-state index in [4.69, 9.17) is 11.5 Å². The smallest absolute Gasteiger partial charge is 0.00368 e. The zero-order valence-electron chi connectivity index (χ0n) is 23.0. The third-order valence-corrected chi connectivity index (χ3v) is 6.49. The molecule has 0 aliphatic heterocycles. The van der Waals surface area contributed by atoms with E-state index in [9.17, 15) is 0 Å². The highest BCUT2D eigenvalue weighted by atomic mass is 14.9. The molecule has 0 saturated carbocycles. The van der Waals surface area contributed by atoms with E-state index in [0.717, 1.165) is 65.2 Å². The third-order valence-electron chi connectivity index (χ3n) is 6.49. The van der Waals surface area contributed by atoms with E-state index in [1.54, 1.807) is 0 Å². The molecule has 0 aliphatic rings. The van der Waals surface area contributed by atoms with Crippen molar-refractivity contribution in [2.45, 2.75) is 116 Å². The monoisotopic (exact) mass is 485 g/mol. The highest BCUT2D eigenvalue weighted by Crippen LogP contribution is 2.12. The summed E-state index contributed by atoms with van der Waals surface area (Å²) in [5.41, 5.74) is 11.0. The highest BCUT2D eigenvalue weighted by Gasteiger charge is 1.96. The molecule has 0 heterocycles. The van der Waals surface area contributed by atoms with Crippen molar-refractivity contribution in [1.29, 1.82) is 0 Å². The molecule has 0 unspecified atom stereocenters. The highest BCUT2D eigenvalue weighted by molar-refractivity contribution is 4.55. The van der Waals surface area contributed by atoms with Gasteiger partial charge in [-0.15, -0.1) is 0 Å². The summed E-state index contributed by atoms with van der Waals surface area (Å²) in [5, 5.41) is 14.0. The lowest BCUT2D eigenvalue weighted by Gasteiger charge is -2.06. The van der Waals surface area contributed by atoms with Crippen LogP contribution in [-0.4, -0.2) is 65.4 Å². The van der Waals surface area contributed by atoms with Crippen molar-refractivity contribution in [3.63, 3.8) is 0 Å². The van der Waals surface area contributed by atoms with Gasteiger partial charge in [-0.3, -0.25) is 0 Å². The van der Waals surface area contributed by atoms with Gasteiger partial charge in [-0.05, 0) is 104 Å². The van der Waals surface area contributed by atoms with E-state index in [1.807, 2.05) is 0 Å². The minimum Gasteiger partial charge on any atom is -0.330 e. The molecule has 0 bridgehead atoms. The Morgan fingerprint density at radius 2 is 0.441 bits per heavy atom. The number of rotatable bonds is 31. The third kappa shape index (κ3) is 31.8. The fourth-order valence-corrected chi connectivity index (χ4v) is 4.25. The topological polar surface area (TPSA) is 100 Å². The molecular formula is C28H64N6. The Kier molecular flexibility index (Phi) is 32.5. The SMILES string of the molecule is NCCCNCCCNCCCCCCCCCCCCCCCCNCCCNCCCN. The maximum absolute atomic E-state index is 5.48. The summed E-state index contributed by atoms with van der Waals surface area (Å²) < 4.78 is 0. The van der Waals surface area contributed by atoms with Gasteiger partial charge >= 0.3 is 0 Å². The Morgan fingerprint density at radius 3 is 0.706 bits per heavy atom. The van der Waals surface area contributed by atoms with Gasteiger partial charge in [0, 0.05) is 0 Å². The molecular weight excluding hydrogens is 420 g/mol. The summed E-state index contributed by atoms with van der Waals surface area (Å²) in [5.74, 6) is 0. The minimum atomic E-state index is 0.792. The molecule has 8 N–H and O–H groups in total. The van der Waals surface area contributed by atoms with Gasteiger partial charge in [-0.1, -0.05) is 77.0 Å². The van der Waals surface area contributed by atoms with Gasteiger partial charge in [0.1, 0.15) is 0 Å². The molecule has 6 nitrogen and oxygen atoms in total. The number of unbranched alkanes of at least 4 members (excludes halogenated alkanes) is 13. The first-order valence-corrected chi connectivity index (χ1v) is 15.1. The standard InChI is InChI=1S/C28H64N6/c29-19-15-23-33-27-17-25-31-21-13-11-9-7-5-3-1-2-4-6-8-10-12-14-22-32-26-18-28-34-24-16-20-30/h31-34H,1-30H2. The van der Waals surface area contributed by atoms with E-state index < -0.39 is 0 Å². The van der Waals surface area contributed by atoms with Crippen LogP contribution in [0, 0.1) is 0 Å². The Balaban J connectivity index is 2.99. The summed E-state index contributed by atoms with van der Waals surface area (Å²) in [6, 6.07) is 0. The van der Waals surface area contributed by atoms with Gasteiger partial charge in [0.15, 0.2) is 0 Å². The zero-order chi connectivity index (χ0) is 24.6. The molecule has 0 aliphatic carbocycles. The van der Waals surface area contributed by atoms with Crippen molar-refractivity contribution in [3.05, 3.63) is 0 Å². The molecule has 206 valence electrons. The van der Waals surface area contributed by atoms with Crippen molar-refractivity contribution >= 4 is 0 Å². The van der Waals surface area contributed by atoms with Gasteiger partial charge in [-0.25, -0.2) is 0 Å². The lowest BCUT2D eigenvalue weighted by atomic mass is 10.0. The number of nitrogens with one attached hydrogen (secondary N) is 4. The molecule has 0 fully saturated rings. The Hall–Kier alpha value is -0.240. The second-order valence-electron chi connectivity index (χ2n) is 9.94. The van der Waals surface area contributed by atoms with Gasteiger partial charge < -0.3 is 32.7 Å². The second-order valence-corrected chi connectivity index (χ2v) is 9.94. The molecule has 0 amide bonds. The van der Waals surface area contributed by atoms with Crippen LogP contribution < -0.4 is 32.7 Å². The average molecular weight is 485 g/mol. The molecule has 0 aromatic heterocycles. The minimum absolute atomic E-state index is 0.792. The van der Waals surface area contributed by atoms with Crippen LogP contribution in [0.1, 0.15) is 116 Å². The molecule has 6 heteroatoms. The normalized spacial score (nSPS) is 11.5. The molecule has 0 radical (unpaired) electrons. The molecule has 0 atom stereocenters. The Bertz CT molecular complexity index is 311. The zero-order valence-corrected chi connectivity index (χ0v) is 23.0. The fraction of sp³-hybridized carbons (Fsp3) is 1.00. The molecule has 0 aromatic carbocycles. The van der Waals surface area contributed by atoms with Crippen molar-refractivity contribution < 1.29 is 0 Å². The van der Waals surface area contributed by atoms with Gasteiger partial charge in [0.05, 0.1) is 0 Å². The van der Waals surface area contributed by atoms with Gasteiger partial charge in [0.2, 0.25) is 0 Å². The maximum atomic E-state index is 5.48. The van der Waals surface area contributed by atoms with Crippen molar-refractivity contribution in [2.75, 3.05) is 65.4 Å². The number of hydrogen-bond acceptors (Lipinski definition) is 6. The number of nitrogens with two attached hydrogens (primary N) is 2. The predicted octanol–water partition coefficient (Wildman–Crippen LogP) is 4.28. The van der Waals surface area contributed by atoms with Gasteiger partial charge in [0.25, 0.3) is 0 Å². The Labute approximate surface area is 213 Å². The van der Waals surface area contributed by atoms with E-state index in [1.165, 1.54) is 116 Å². The first kappa shape index (κ1) is 33.8. The first-order chi connectivity index (χ1) is 16.9. The average Bonchev–Trinajstić information content (AvgIpc) is 2.85. The Morgan fingerprint density at radius 1 is 0.235 bits per heavy atom. The van der Waals surface area contributed by atoms with Gasteiger partial charge in [-0.2, -0.15) is 0 Å². The van der Waals surface area contributed by atoms with Crippen LogP contribution in [0.2, 0.25) is 0 Å². The van der Waals surface area contributed by atoms with Crippen molar-refractivity contribution in [1.82, 2.24) is 21.3 Å². The largest absolute Gasteiger partial charge is 0.330 e. The predicted molar refractivity (Wildman–Crippen MR) is 153 cm³/mol. The molecule has 0 saturated heterocycles. The van der Waals surface area contributed by atoms with Crippen LogP contribution in [0.5, 0.6) is 0 Å². The molecule has 0 spiro atoms. The fourth-order valence-electron chi connectivity index (χ4n) is 4.25.